The first-order chi connectivity index (χ1) is 15.3. The molecule has 1 spiro atoms. The Hall–Kier alpha value is -2.26. The Labute approximate surface area is 189 Å². The molecule has 8 nitrogen and oxygen atoms in total. The SMILES string of the molecule is CNC(=O)c1ccccc1CCS(=O)(=O)N1CCC2(CC1)N=C(C1CCCCC1)NC2=O. The predicted molar refractivity (Wildman–Crippen MR) is 123 cm³/mol. The summed E-state index contributed by atoms with van der Waals surface area (Å²) >= 11 is 0. The molecule has 2 amide bonds. The van der Waals surface area contributed by atoms with Crippen molar-refractivity contribution in [3.63, 3.8) is 0 Å². The smallest absolute Gasteiger partial charge is 0.253 e. The van der Waals surface area contributed by atoms with E-state index >= 15 is 0 Å². The summed E-state index contributed by atoms with van der Waals surface area (Å²) in [5, 5.41) is 5.60. The average Bonchev–Trinajstić information content (AvgIpc) is 3.13. The van der Waals surface area contributed by atoms with Crippen LogP contribution in [0.1, 0.15) is 60.9 Å². The average molecular weight is 461 g/mol. The third-order valence-corrected chi connectivity index (χ3v) is 8.92. The Morgan fingerprint density at radius 1 is 1.19 bits per heavy atom. The van der Waals surface area contributed by atoms with Crippen LogP contribution in [0.3, 0.4) is 0 Å². The van der Waals surface area contributed by atoms with Crippen molar-refractivity contribution in [2.45, 2.75) is 56.9 Å². The van der Waals surface area contributed by atoms with Gasteiger partial charge in [0.2, 0.25) is 10.0 Å². The highest BCUT2D eigenvalue weighted by atomic mass is 32.2. The maximum Gasteiger partial charge on any atom is 0.253 e. The van der Waals surface area contributed by atoms with Crippen LogP contribution in [0.4, 0.5) is 0 Å². The van der Waals surface area contributed by atoms with Gasteiger partial charge in [0.1, 0.15) is 11.4 Å². The molecule has 4 rings (SSSR count). The quantitative estimate of drug-likeness (QED) is 0.675. The lowest BCUT2D eigenvalue weighted by molar-refractivity contribution is -0.125. The fourth-order valence-corrected chi connectivity index (χ4v) is 6.52. The second-order valence-corrected chi connectivity index (χ2v) is 11.1. The summed E-state index contributed by atoms with van der Waals surface area (Å²) in [7, 11) is -1.95. The molecule has 1 saturated carbocycles. The molecule has 0 bridgehead atoms. The molecule has 2 fully saturated rings. The van der Waals surface area contributed by atoms with E-state index in [9.17, 15) is 18.0 Å². The first-order valence-corrected chi connectivity index (χ1v) is 13.1. The van der Waals surface area contributed by atoms with E-state index < -0.39 is 15.6 Å². The molecular weight excluding hydrogens is 428 g/mol. The summed E-state index contributed by atoms with van der Waals surface area (Å²) < 4.78 is 27.5. The number of benzene rings is 1. The zero-order chi connectivity index (χ0) is 22.8. The highest BCUT2D eigenvalue weighted by Crippen LogP contribution is 2.34. The molecule has 1 aromatic rings. The number of aliphatic imine (C=N–C) groups is 1. The standard InChI is InChI=1S/C23H32N4O4S/c1-24-21(28)19-10-6-5-7-17(19)11-16-32(30,31)27-14-12-23(13-15-27)22(29)25-20(26-23)18-8-3-2-4-9-18/h5-7,10,18H,2-4,8-9,11-16H2,1H3,(H,24,28)(H,25,26,29). The molecule has 9 heteroatoms. The van der Waals surface area contributed by atoms with Gasteiger partial charge in [0.05, 0.1) is 5.75 Å². The van der Waals surface area contributed by atoms with Gasteiger partial charge in [-0.3, -0.25) is 14.6 Å². The van der Waals surface area contributed by atoms with E-state index in [1.165, 1.54) is 23.6 Å². The molecule has 3 aliphatic rings. The zero-order valence-corrected chi connectivity index (χ0v) is 19.4. The van der Waals surface area contributed by atoms with Gasteiger partial charge < -0.3 is 10.6 Å². The van der Waals surface area contributed by atoms with E-state index in [4.69, 9.17) is 4.99 Å². The first kappa shape index (κ1) is 22.9. The second kappa shape index (κ2) is 9.31. The minimum Gasteiger partial charge on any atom is -0.355 e. The number of nitrogens with one attached hydrogen (secondary N) is 2. The largest absolute Gasteiger partial charge is 0.355 e. The number of aryl methyl sites for hydroxylation is 1. The molecule has 1 aliphatic carbocycles. The van der Waals surface area contributed by atoms with Crippen molar-refractivity contribution >= 4 is 27.7 Å². The van der Waals surface area contributed by atoms with E-state index in [1.54, 1.807) is 31.3 Å². The van der Waals surface area contributed by atoms with E-state index in [-0.39, 0.29) is 37.1 Å². The summed E-state index contributed by atoms with van der Waals surface area (Å²) in [4.78, 5) is 29.6. The Kier molecular flexibility index (Phi) is 6.67. The highest BCUT2D eigenvalue weighted by molar-refractivity contribution is 7.89. The number of nitrogens with zero attached hydrogens (tertiary/aromatic N) is 2. The maximum atomic E-state index is 13.0. The predicted octanol–water partition coefficient (Wildman–Crippen LogP) is 1.86. The number of piperidine rings is 1. The number of carbonyl (C=O) groups excluding carboxylic acids is 2. The van der Waals surface area contributed by atoms with Gasteiger partial charge in [-0.15, -0.1) is 0 Å². The van der Waals surface area contributed by atoms with Gasteiger partial charge in [-0.25, -0.2) is 12.7 Å². The Morgan fingerprint density at radius 2 is 1.88 bits per heavy atom. The third-order valence-electron chi connectivity index (χ3n) is 7.05. The van der Waals surface area contributed by atoms with Gasteiger partial charge in [0.15, 0.2) is 0 Å². The van der Waals surface area contributed by atoms with Crippen LogP contribution in [0.5, 0.6) is 0 Å². The Morgan fingerprint density at radius 3 is 2.56 bits per heavy atom. The maximum absolute atomic E-state index is 13.0. The Balaban J connectivity index is 1.39. The second-order valence-electron chi connectivity index (χ2n) is 9.02. The monoisotopic (exact) mass is 460 g/mol. The van der Waals surface area contributed by atoms with Crippen molar-refractivity contribution in [2.24, 2.45) is 10.9 Å². The summed E-state index contributed by atoms with van der Waals surface area (Å²) in [6, 6.07) is 7.06. The molecule has 2 aliphatic heterocycles. The van der Waals surface area contributed by atoms with Crippen LogP contribution >= 0.6 is 0 Å². The molecule has 32 heavy (non-hydrogen) atoms. The van der Waals surface area contributed by atoms with Crippen molar-refractivity contribution in [2.75, 3.05) is 25.9 Å². The fourth-order valence-electron chi connectivity index (χ4n) is 5.05. The summed E-state index contributed by atoms with van der Waals surface area (Å²) in [6.07, 6.45) is 6.78. The van der Waals surface area contributed by atoms with Crippen LogP contribution in [0, 0.1) is 5.92 Å². The number of hydrogen-bond acceptors (Lipinski definition) is 5. The van der Waals surface area contributed by atoms with E-state index in [1.807, 2.05) is 0 Å². The van der Waals surface area contributed by atoms with E-state index in [0.29, 0.717) is 29.9 Å². The van der Waals surface area contributed by atoms with Gasteiger partial charge in [-0.05, 0) is 43.7 Å². The van der Waals surface area contributed by atoms with Gasteiger partial charge in [0.25, 0.3) is 11.8 Å². The fraction of sp³-hybridized carbons (Fsp3) is 0.609. The van der Waals surface area contributed by atoms with Crippen molar-refractivity contribution < 1.29 is 18.0 Å². The van der Waals surface area contributed by atoms with Crippen LogP contribution in [-0.4, -0.2) is 61.8 Å². The minimum atomic E-state index is -3.51. The number of rotatable bonds is 6. The van der Waals surface area contributed by atoms with Gasteiger partial charge in [-0.2, -0.15) is 0 Å². The molecule has 1 aromatic carbocycles. The molecule has 2 N–H and O–H groups in total. The summed E-state index contributed by atoms with van der Waals surface area (Å²) in [5.41, 5.74) is 0.390. The normalized spacial score (nSPS) is 21.9. The molecule has 0 radical (unpaired) electrons. The van der Waals surface area contributed by atoms with E-state index in [0.717, 1.165) is 18.7 Å². The molecule has 0 aromatic heterocycles. The van der Waals surface area contributed by atoms with Crippen LogP contribution in [0.15, 0.2) is 29.3 Å². The number of amidine groups is 1. The van der Waals surface area contributed by atoms with E-state index in [2.05, 4.69) is 10.6 Å². The van der Waals surface area contributed by atoms with Gasteiger partial charge >= 0.3 is 0 Å². The molecule has 174 valence electrons. The van der Waals surface area contributed by atoms with Gasteiger partial charge in [0, 0.05) is 31.6 Å². The highest BCUT2D eigenvalue weighted by Gasteiger charge is 2.48. The van der Waals surface area contributed by atoms with Crippen LogP contribution in [0.2, 0.25) is 0 Å². The molecule has 0 atom stereocenters. The third kappa shape index (κ3) is 4.59. The summed E-state index contributed by atoms with van der Waals surface area (Å²) in [5.74, 6) is 0.772. The lowest BCUT2D eigenvalue weighted by Gasteiger charge is -2.34. The van der Waals surface area contributed by atoms with Crippen LogP contribution in [-0.2, 0) is 21.2 Å². The number of amides is 2. The lowest BCUT2D eigenvalue weighted by atomic mass is 9.88. The number of carbonyl (C=O) groups is 2. The Bertz CT molecular complexity index is 1010. The molecule has 0 unspecified atom stereocenters. The topological polar surface area (TPSA) is 108 Å². The minimum absolute atomic E-state index is 0.0726. The lowest BCUT2D eigenvalue weighted by Crippen LogP contribution is -2.51. The number of hydrogen-bond donors (Lipinski definition) is 2. The first-order valence-electron chi connectivity index (χ1n) is 11.5. The zero-order valence-electron chi connectivity index (χ0n) is 18.6. The molecular formula is C23H32N4O4S. The number of sulfonamides is 1. The van der Waals surface area contributed by atoms with Crippen molar-refractivity contribution in [3.8, 4) is 0 Å². The summed E-state index contributed by atoms with van der Waals surface area (Å²) in [6.45, 7) is 0.572. The van der Waals surface area contributed by atoms with Crippen molar-refractivity contribution in [3.05, 3.63) is 35.4 Å². The van der Waals surface area contributed by atoms with Crippen LogP contribution < -0.4 is 10.6 Å². The molecule has 1 saturated heterocycles. The van der Waals surface area contributed by atoms with Crippen molar-refractivity contribution in [1.29, 1.82) is 0 Å². The molecule has 2 heterocycles. The van der Waals surface area contributed by atoms with Gasteiger partial charge in [-0.1, -0.05) is 37.5 Å². The van der Waals surface area contributed by atoms with Crippen molar-refractivity contribution in [1.82, 2.24) is 14.9 Å². The van der Waals surface area contributed by atoms with Crippen LogP contribution in [0.25, 0.3) is 0 Å².